The van der Waals surface area contributed by atoms with Crippen LogP contribution in [0.25, 0.3) is 0 Å². The number of aromatic nitrogens is 1. The molecule has 0 spiro atoms. The normalized spacial score (nSPS) is 25.8. The molecule has 5 rings (SSSR count). The zero-order valence-electron chi connectivity index (χ0n) is 19.4. The summed E-state index contributed by atoms with van der Waals surface area (Å²) in [6.45, 7) is 3.11. The van der Waals surface area contributed by atoms with Gasteiger partial charge in [-0.05, 0) is 43.9 Å². The Labute approximate surface area is 204 Å². The third-order valence-electron chi connectivity index (χ3n) is 6.74. The Bertz CT molecular complexity index is 1280. The van der Waals surface area contributed by atoms with Crippen molar-refractivity contribution in [3.63, 3.8) is 0 Å². The SMILES string of the molecule is COC(=O)c1ccc(C2C3=C(OC4CCC(F)CC4C3=O)C(=O)N2c2nc(C)c(C(C)=O)s2)cc1. The van der Waals surface area contributed by atoms with Crippen molar-refractivity contribution in [3.8, 4) is 0 Å². The van der Waals surface area contributed by atoms with Crippen molar-refractivity contribution in [3.05, 3.63) is 57.3 Å². The van der Waals surface area contributed by atoms with Crippen LogP contribution in [0.1, 0.15) is 63.5 Å². The predicted octanol–water partition coefficient (Wildman–Crippen LogP) is 3.89. The molecule has 1 aromatic heterocycles. The first-order valence-electron chi connectivity index (χ1n) is 11.3. The van der Waals surface area contributed by atoms with Crippen molar-refractivity contribution < 1.29 is 33.0 Å². The van der Waals surface area contributed by atoms with Crippen LogP contribution in [-0.4, -0.2) is 47.8 Å². The molecule has 182 valence electrons. The Morgan fingerprint density at radius 3 is 2.54 bits per heavy atom. The lowest BCUT2D eigenvalue weighted by atomic mass is 9.77. The van der Waals surface area contributed by atoms with E-state index in [0.29, 0.717) is 28.1 Å². The number of hydrogen-bond donors (Lipinski definition) is 0. The number of fused-ring (bicyclic) bond motifs is 1. The van der Waals surface area contributed by atoms with Crippen LogP contribution in [0, 0.1) is 12.8 Å². The third kappa shape index (κ3) is 3.76. The van der Waals surface area contributed by atoms with E-state index in [-0.39, 0.29) is 40.9 Å². The second-order valence-electron chi connectivity index (χ2n) is 8.94. The smallest absolute Gasteiger partial charge is 0.337 e. The van der Waals surface area contributed by atoms with Gasteiger partial charge in [0, 0.05) is 6.92 Å². The number of anilines is 1. The largest absolute Gasteiger partial charge is 0.483 e. The van der Waals surface area contributed by atoms with Crippen molar-refractivity contribution in [2.75, 3.05) is 12.0 Å². The fraction of sp³-hybridized carbons (Fsp3) is 0.400. The first kappa shape index (κ1) is 23.3. The van der Waals surface area contributed by atoms with Gasteiger partial charge in [-0.2, -0.15) is 0 Å². The first-order chi connectivity index (χ1) is 16.7. The van der Waals surface area contributed by atoms with Crippen LogP contribution < -0.4 is 4.90 Å². The molecule has 0 saturated heterocycles. The highest BCUT2D eigenvalue weighted by molar-refractivity contribution is 7.17. The van der Waals surface area contributed by atoms with E-state index in [1.54, 1.807) is 31.2 Å². The number of Topliss-reactive ketones (excluding diaryl/α,β-unsaturated/α-hetero) is 2. The number of benzene rings is 1. The molecule has 1 saturated carbocycles. The van der Waals surface area contributed by atoms with E-state index < -0.39 is 36.1 Å². The van der Waals surface area contributed by atoms with Gasteiger partial charge < -0.3 is 9.47 Å². The minimum atomic E-state index is -1.10. The summed E-state index contributed by atoms with van der Waals surface area (Å²) in [5, 5.41) is 0.261. The standard InChI is InChI=1S/C25H23FN2O6S/c1-11-22(12(2)29)35-25(27-11)28-19(13-4-6-14(7-5-13)24(32)33-3)18-20(30)16-10-15(26)8-9-17(16)34-21(18)23(28)31/h4-7,15-17,19H,8-10H2,1-3H3. The van der Waals surface area contributed by atoms with Gasteiger partial charge in [-0.1, -0.05) is 23.5 Å². The minimum absolute atomic E-state index is 0.0483. The van der Waals surface area contributed by atoms with Gasteiger partial charge in [0.1, 0.15) is 12.3 Å². The monoisotopic (exact) mass is 498 g/mol. The molecule has 3 aliphatic rings. The number of carbonyl (C=O) groups excluding carboxylic acids is 4. The van der Waals surface area contributed by atoms with E-state index in [0.717, 1.165) is 11.3 Å². The molecular weight excluding hydrogens is 475 g/mol. The molecule has 35 heavy (non-hydrogen) atoms. The molecule has 1 aromatic carbocycles. The van der Waals surface area contributed by atoms with Gasteiger partial charge in [0.05, 0.1) is 40.8 Å². The lowest BCUT2D eigenvalue weighted by Crippen LogP contribution is -2.42. The van der Waals surface area contributed by atoms with Gasteiger partial charge in [0.2, 0.25) is 0 Å². The predicted molar refractivity (Wildman–Crippen MR) is 124 cm³/mol. The van der Waals surface area contributed by atoms with Crippen LogP contribution in [0.3, 0.4) is 0 Å². The fourth-order valence-corrected chi connectivity index (χ4v) is 6.05. The van der Waals surface area contributed by atoms with E-state index in [9.17, 15) is 23.6 Å². The maximum atomic E-state index is 14.2. The summed E-state index contributed by atoms with van der Waals surface area (Å²) >= 11 is 1.07. The highest BCUT2D eigenvalue weighted by Gasteiger charge is 2.54. The third-order valence-corrected chi connectivity index (χ3v) is 8.00. The molecule has 8 nitrogen and oxygen atoms in total. The van der Waals surface area contributed by atoms with Gasteiger partial charge >= 0.3 is 5.97 Å². The van der Waals surface area contributed by atoms with Crippen LogP contribution in [0.5, 0.6) is 0 Å². The number of alkyl halides is 1. The number of nitrogens with zero attached hydrogens (tertiary/aromatic N) is 2. The second kappa shape index (κ2) is 8.67. The second-order valence-corrected chi connectivity index (χ2v) is 9.92. The van der Waals surface area contributed by atoms with Gasteiger partial charge in [-0.25, -0.2) is 14.2 Å². The summed E-state index contributed by atoms with van der Waals surface area (Å²) < 4.78 is 25.0. The van der Waals surface area contributed by atoms with E-state index in [2.05, 4.69) is 4.98 Å². The highest BCUT2D eigenvalue weighted by atomic mass is 32.1. The number of aryl methyl sites for hydroxylation is 1. The van der Waals surface area contributed by atoms with E-state index in [4.69, 9.17) is 9.47 Å². The van der Waals surface area contributed by atoms with Crippen molar-refractivity contribution in [1.82, 2.24) is 4.98 Å². The first-order valence-corrected chi connectivity index (χ1v) is 12.1. The summed E-state index contributed by atoms with van der Waals surface area (Å²) in [5.41, 5.74) is 1.50. The highest BCUT2D eigenvalue weighted by Crippen LogP contribution is 2.49. The number of ether oxygens (including phenoxy) is 2. The molecule has 1 amide bonds. The van der Waals surface area contributed by atoms with Gasteiger partial charge in [0.15, 0.2) is 22.5 Å². The Morgan fingerprint density at radius 1 is 1.20 bits per heavy atom. The van der Waals surface area contributed by atoms with Gasteiger partial charge in [-0.3, -0.25) is 19.3 Å². The quantitative estimate of drug-likeness (QED) is 0.465. The van der Waals surface area contributed by atoms with Crippen LogP contribution in [0.4, 0.5) is 9.52 Å². The minimum Gasteiger partial charge on any atom is -0.483 e. The van der Waals surface area contributed by atoms with Crippen LogP contribution in [-0.2, 0) is 19.1 Å². The van der Waals surface area contributed by atoms with E-state index in [1.807, 2.05) is 0 Å². The molecule has 0 bridgehead atoms. The lowest BCUT2D eigenvalue weighted by molar-refractivity contribution is -0.133. The van der Waals surface area contributed by atoms with E-state index >= 15 is 0 Å². The molecular formula is C25H23FN2O6S. The number of hydrogen-bond acceptors (Lipinski definition) is 8. The summed E-state index contributed by atoms with van der Waals surface area (Å²) in [4.78, 5) is 57.5. The number of halogens is 1. The lowest BCUT2D eigenvalue weighted by Gasteiger charge is -2.36. The molecule has 1 aliphatic carbocycles. The van der Waals surface area contributed by atoms with Gasteiger partial charge in [-0.15, -0.1) is 0 Å². The zero-order valence-corrected chi connectivity index (χ0v) is 20.2. The topological polar surface area (TPSA) is 103 Å². The molecule has 1 fully saturated rings. The molecule has 0 N–H and O–H groups in total. The number of amides is 1. The maximum absolute atomic E-state index is 14.2. The number of rotatable bonds is 4. The summed E-state index contributed by atoms with van der Waals surface area (Å²) in [5.74, 6) is -2.26. The average Bonchev–Trinajstić information content (AvgIpc) is 3.37. The molecule has 2 aliphatic heterocycles. The molecule has 4 unspecified atom stereocenters. The summed E-state index contributed by atoms with van der Waals surface area (Å²) in [6, 6.07) is 5.48. The maximum Gasteiger partial charge on any atom is 0.337 e. The Morgan fingerprint density at radius 2 is 1.91 bits per heavy atom. The van der Waals surface area contributed by atoms with E-state index in [1.165, 1.54) is 18.9 Å². The van der Waals surface area contributed by atoms with Gasteiger partial charge in [0.25, 0.3) is 5.91 Å². The number of methoxy groups -OCH3 is 1. The van der Waals surface area contributed by atoms with Crippen molar-refractivity contribution in [1.29, 1.82) is 0 Å². The number of ketones is 2. The number of carbonyl (C=O) groups is 4. The van der Waals surface area contributed by atoms with Crippen LogP contribution in [0.15, 0.2) is 35.6 Å². The number of esters is 1. The van der Waals surface area contributed by atoms with Crippen LogP contribution >= 0.6 is 11.3 Å². The van der Waals surface area contributed by atoms with Crippen molar-refractivity contribution >= 4 is 39.9 Å². The zero-order chi connectivity index (χ0) is 25.0. The van der Waals surface area contributed by atoms with Crippen molar-refractivity contribution in [2.45, 2.75) is 51.4 Å². The molecule has 2 aromatic rings. The Kier molecular flexibility index (Phi) is 5.79. The molecule has 4 atom stereocenters. The molecule has 10 heteroatoms. The van der Waals surface area contributed by atoms with Crippen molar-refractivity contribution in [2.24, 2.45) is 5.92 Å². The Hall–Kier alpha value is -3.40. The molecule has 3 heterocycles. The summed E-state index contributed by atoms with van der Waals surface area (Å²) in [7, 11) is 1.28. The summed E-state index contributed by atoms with van der Waals surface area (Å²) in [6.07, 6.45) is -0.971. The average molecular weight is 499 g/mol. The fourth-order valence-electron chi connectivity index (χ4n) is 5.06. The van der Waals surface area contributed by atoms with Crippen LogP contribution in [0.2, 0.25) is 0 Å². The number of thiazole rings is 1. The Balaban J connectivity index is 1.63. The molecule has 0 radical (unpaired) electrons.